The Hall–Kier alpha value is -3.90. The summed E-state index contributed by atoms with van der Waals surface area (Å²) in [5, 5.41) is 159. The third-order valence-corrected chi connectivity index (χ3v) is 7.73. The third kappa shape index (κ3) is 5.59. The number of morpholine rings is 1. The minimum Gasteiger partial charge on any atom is -0.435 e. The van der Waals surface area contributed by atoms with Crippen LogP contribution < -0.4 is 10.1 Å². The van der Waals surface area contributed by atoms with E-state index in [4.69, 9.17) is 4.74 Å². The van der Waals surface area contributed by atoms with Crippen molar-refractivity contribution in [3.05, 3.63) is 64.5 Å². The summed E-state index contributed by atoms with van der Waals surface area (Å²) in [5.74, 6) is -37.2. The summed E-state index contributed by atoms with van der Waals surface area (Å²) in [6.45, 7) is 0. The van der Waals surface area contributed by atoms with Crippen LogP contribution in [0, 0.1) is 5.82 Å². The van der Waals surface area contributed by atoms with Crippen molar-refractivity contribution in [2.75, 3.05) is 7.05 Å². The molecule has 4 rings (SSSR count). The number of nitrogens with zero attached hydrogens (tertiary/aromatic N) is 2. The van der Waals surface area contributed by atoms with E-state index < -0.39 is 111 Å². The van der Waals surface area contributed by atoms with Gasteiger partial charge in [0.05, 0.1) is 16.7 Å². The maximum Gasteiger partial charge on any atom is 0.356 e. The normalized spacial score (nSPS) is 22.0. The lowest BCUT2D eigenvalue weighted by atomic mass is 10.0. The van der Waals surface area contributed by atoms with Crippen molar-refractivity contribution in [2.45, 2.75) is 60.1 Å². The molecule has 0 radical (unpaired) electrons. The molecule has 2 aliphatic heterocycles. The first kappa shape index (κ1) is 38.9. The molecule has 2 aromatic rings. The molecule has 50 heavy (non-hydrogen) atoms. The fourth-order valence-corrected chi connectivity index (χ4v) is 5.33. The minimum atomic E-state index is -4.83. The van der Waals surface area contributed by atoms with Crippen LogP contribution in [0.1, 0.15) is 39.9 Å². The summed E-state index contributed by atoms with van der Waals surface area (Å²) >= 11 is 0. The summed E-state index contributed by atoms with van der Waals surface area (Å²) < 4.78 is 23.7. The van der Waals surface area contributed by atoms with Crippen LogP contribution >= 0.6 is 0 Å². The number of nitrogens with one attached hydrogen (secondary N) is 1. The summed E-state index contributed by atoms with van der Waals surface area (Å²) in [5.41, 5.74) is -8.12. The van der Waals surface area contributed by atoms with Crippen LogP contribution in [0.4, 0.5) is 4.39 Å². The van der Waals surface area contributed by atoms with Gasteiger partial charge in [0.2, 0.25) is 5.72 Å². The fourth-order valence-electron chi connectivity index (χ4n) is 5.33. The van der Waals surface area contributed by atoms with E-state index in [1.54, 1.807) is 0 Å². The van der Waals surface area contributed by atoms with Gasteiger partial charge in [0, 0.05) is 25.5 Å². The quantitative estimate of drug-likeness (QED) is 0.0799. The molecule has 2 amide bonds. The Balaban J connectivity index is 1.82. The lowest BCUT2D eigenvalue weighted by Gasteiger charge is -2.57. The summed E-state index contributed by atoms with van der Waals surface area (Å²) in [4.78, 5) is 35.3. The van der Waals surface area contributed by atoms with E-state index in [9.17, 15) is 91.0 Å². The van der Waals surface area contributed by atoms with E-state index in [0.29, 0.717) is 0 Å². The monoisotopic (exact) mass is 723 g/mol. The zero-order valence-electron chi connectivity index (χ0n) is 25.0. The maximum atomic E-state index is 15.1. The average molecular weight is 724 g/mol. The van der Waals surface area contributed by atoms with Gasteiger partial charge >= 0.3 is 29.7 Å². The Bertz CT molecular complexity index is 1690. The fraction of sp³-hybridized carbons (Fsp3) is 0.423. The van der Waals surface area contributed by atoms with Gasteiger partial charge in [-0.1, -0.05) is 6.07 Å². The Kier molecular flexibility index (Phi) is 9.20. The van der Waals surface area contributed by atoms with E-state index in [1.807, 2.05) is 5.32 Å². The van der Waals surface area contributed by atoms with Gasteiger partial charge in [-0.05, 0) is 30.3 Å². The highest BCUT2D eigenvalue weighted by atomic mass is 19.1. The number of ether oxygens (including phenoxy) is 2. The molecule has 0 saturated carbocycles. The number of carbonyl (C=O) groups is 3. The molecule has 16 N–H and O–H groups in total. The van der Waals surface area contributed by atoms with Gasteiger partial charge in [-0.25, -0.2) is 9.29 Å². The second-order valence-corrected chi connectivity index (χ2v) is 11.0. The smallest absolute Gasteiger partial charge is 0.356 e. The molecule has 1 saturated heterocycles. The standard InChI is InChI=1S/C26H30FN3O20/c1-28-18(33)19(34,8-3-9-31)29-17(32)12-4-2-5-15(16(12)21(29,37)38)49-22(39,40)13-10-11(6-7-14(13)27)20(35,36)30-23(41,42)25(45,46)50-26(47,48)24(30,43)44/h2,4-7,9-10,34-48H,3,8H2,1H3,(H,28,33). The van der Waals surface area contributed by atoms with Crippen LogP contribution in [0.5, 0.6) is 5.75 Å². The summed E-state index contributed by atoms with van der Waals surface area (Å²) in [6.07, 6.45) is -1.27. The minimum absolute atomic E-state index is 0.0284. The molecule has 0 bridgehead atoms. The predicted octanol–water partition coefficient (Wildman–Crippen LogP) is -8.06. The van der Waals surface area contributed by atoms with E-state index in [1.165, 1.54) is 0 Å². The van der Waals surface area contributed by atoms with Crippen LogP contribution in [-0.4, -0.2) is 141 Å². The second-order valence-electron chi connectivity index (χ2n) is 11.0. The number of halogens is 1. The van der Waals surface area contributed by atoms with Crippen LogP contribution in [0.3, 0.4) is 0 Å². The highest BCUT2D eigenvalue weighted by Crippen LogP contribution is 2.49. The molecule has 0 aromatic heterocycles. The largest absolute Gasteiger partial charge is 0.435 e. The van der Waals surface area contributed by atoms with Crippen molar-refractivity contribution in [1.29, 1.82) is 0 Å². The molecule has 2 aromatic carbocycles. The van der Waals surface area contributed by atoms with E-state index >= 15 is 4.39 Å². The number of carbonyl (C=O) groups excluding carboxylic acids is 3. The van der Waals surface area contributed by atoms with Gasteiger partial charge in [0.25, 0.3) is 23.6 Å². The Labute approximate surface area is 275 Å². The molecule has 2 heterocycles. The SMILES string of the molecule is CNC(=O)C(O)(CCC=O)N1C(=O)c2cccc(OC(O)(O)c3cc(C(O)(O)N4C(O)(O)C(O)(O)OC(O)(O)C4(O)O)ccc3F)c2C1(O)O. The van der Waals surface area contributed by atoms with Gasteiger partial charge in [-0.3, -0.25) is 14.3 Å². The van der Waals surface area contributed by atoms with Crippen molar-refractivity contribution in [3.63, 3.8) is 0 Å². The summed E-state index contributed by atoms with van der Waals surface area (Å²) in [7, 11) is 0.990. The van der Waals surface area contributed by atoms with Gasteiger partial charge in [0.15, 0.2) is 0 Å². The highest BCUT2D eigenvalue weighted by Gasteiger charge is 2.78. The summed E-state index contributed by atoms with van der Waals surface area (Å²) in [6, 6.07) is 2.94. The molecule has 1 unspecified atom stereocenters. The van der Waals surface area contributed by atoms with Crippen LogP contribution in [-0.2, 0) is 32.1 Å². The number of hydrogen-bond donors (Lipinski definition) is 16. The predicted molar refractivity (Wildman–Crippen MR) is 144 cm³/mol. The van der Waals surface area contributed by atoms with E-state index in [-0.39, 0.29) is 29.4 Å². The van der Waals surface area contributed by atoms with Gasteiger partial charge in [0.1, 0.15) is 17.9 Å². The molecule has 2 aliphatic rings. The van der Waals surface area contributed by atoms with Gasteiger partial charge < -0.3 is 91.4 Å². The second kappa shape index (κ2) is 11.8. The zero-order valence-corrected chi connectivity index (χ0v) is 25.0. The third-order valence-electron chi connectivity index (χ3n) is 7.73. The Morgan fingerprint density at radius 2 is 1.50 bits per heavy atom. The van der Waals surface area contributed by atoms with Crippen molar-refractivity contribution in [2.24, 2.45) is 0 Å². The number of likely N-dealkylation sites (N-methyl/N-ethyl adjacent to an activating group) is 1. The number of aldehydes is 1. The number of aliphatic hydroxyl groups is 15. The number of hydrogen-bond acceptors (Lipinski definition) is 21. The van der Waals surface area contributed by atoms with Crippen LogP contribution in [0.15, 0.2) is 36.4 Å². The molecule has 276 valence electrons. The van der Waals surface area contributed by atoms with Gasteiger partial charge in [-0.2, -0.15) is 0 Å². The zero-order chi connectivity index (χ0) is 38.3. The molecule has 0 spiro atoms. The highest BCUT2D eigenvalue weighted by molar-refractivity contribution is 6.03. The lowest BCUT2D eigenvalue weighted by Crippen LogP contribution is -2.87. The molecular formula is C26H30FN3O20. The molecule has 23 nitrogen and oxygen atoms in total. The first-order valence-corrected chi connectivity index (χ1v) is 13.6. The molecule has 1 fully saturated rings. The van der Waals surface area contributed by atoms with Crippen molar-refractivity contribution in [3.8, 4) is 5.75 Å². The molecule has 1 atom stereocenters. The Morgan fingerprint density at radius 3 is 2.02 bits per heavy atom. The number of rotatable bonds is 10. The maximum absolute atomic E-state index is 15.1. The number of benzene rings is 2. The average Bonchev–Trinajstić information content (AvgIpc) is 3.18. The first-order chi connectivity index (χ1) is 22.6. The van der Waals surface area contributed by atoms with Crippen LogP contribution in [0.25, 0.3) is 0 Å². The van der Waals surface area contributed by atoms with Crippen LogP contribution in [0.2, 0.25) is 0 Å². The molecule has 0 aliphatic carbocycles. The molecular weight excluding hydrogens is 693 g/mol. The number of fused-ring (bicyclic) bond motifs is 1. The van der Waals surface area contributed by atoms with Crippen molar-refractivity contribution in [1.82, 2.24) is 15.1 Å². The lowest BCUT2D eigenvalue weighted by molar-refractivity contribution is -0.681. The van der Waals surface area contributed by atoms with E-state index in [0.717, 1.165) is 25.2 Å². The molecule has 24 heteroatoms. The topological polar surface area (TPSA) is 392 Å². The van der Waals surface area contributed by atoms with Crippen molar-refractivity contribution >= 4 is 18.1 Å². The van der Waals surface area contributed by atoms with E-state index in [2.05, 4.69) is 4.74 Å². The first-order valence-electron chi connectivity index (χ1n) is 13.6. The van der Waals surface area contributed by atoms with Crippen molar-refractivity contribution < 1.29 is 105 Å². The number of amides is 2. The van der Waals surface area contributed by atoms with Gasteiger partial charge in [-0.15, -0.1) is 4.90 Å². The Morgan fingerprint density at radius 1 is 0.940 bits per heavy atom.